The van der Waals surface area contributed by atoms with Crippen LogP contribution in [-0.4, -0.2) is 22.5 Å². The van der Waals surface area contributed by atoms with E-state index in [9.17, 15) is 0 Å². The normalized spacial score (nSPS) is 16.8. The van der Waals surface area contributed by atoms with Gasteiger partial charge in [0.15, 0.2) is 0 Å². The van der Waals surface area contributed by atoms with Crippen molar-refractivity contribution in [2.75, 3.05) is 7.11 Å². The minimum Gasteiger partial charge on any atom is -0.376 e. The summed E-state index contributed by atoms with van der Waals surface area (Å²) in [6, 6.07) is 1.93. The Morgan fingerprint density at radius 1 is 1.59 bits per heavy atom. The highest BCUT2D eigenvalue weighted by molar-refractivity contribution is 5.12. The Labute approximate surface area is 103 Å². The topological polar surface area (TPSA) is 65.1 Å². The Morgan fingerprint density at radius 2 is 2.29 bits per heavy atom. The number of hydrogen-bond donors (Lipinski definition) is 2. The Hall–Kier alpha value is -0.910. The van der Waals surface area contributed by atoms with E-state index in [1.807, 2.05) is 10.7 Å². The third-order valence-electron chi connectivity index (χ3n) is 3.43. The summed E-state index contributed by atoms with van der Waals surface area (Å²) in [5.74, 6) is 5.70. The van der Waals surface area contributed by atoms with Crippen LogP contribution in [0.4, 0.5) is 0 Å². The monoisotopic (exact) mass is 240 g/mol. The van der Waals surface area contributed by atoms with Gasteiger partial charge in [-0.15, -0.1) is 0 Å². The average molecular weight is 240 g/mol. The summed E-state index contributed by atoms with van der Waals surface area (Å²) in [4.78, 5) is 0. The van der Waals surface area contributed by atoms with Crippen LogP contribution < -0.4 is 11.3 Å². The van der Waals surface area contributed by atoms with Crippen LogP contribution in [0.1, 0.15) is 45.3 Å². The van der Waals surface area contributed by atoms with Crippen LogP contribution in [-0.2, 0) is 11.3 Å². The molecule has 0 aliphatic rings. The maximum absolute atomic E-state index is 5.70. The largest absolute Gasteiger partial charge is 0.376 e. The Bertz CT molecular complexity index is 333. The first kappa shape index (κ1) is 14.2. The molecule has 1 rings (SSSR count). The number of nitrogens with two attached hydrogens (primary N) is 1. The summed E-state index contributed by atoms with van der Waals surface area (Å²) in [7, 11) is 1.72. The second-order valence-electron chi connectivity index (χ2n) is 4.45. The molecule has 17 heavy (non-hydrogen) atoms. The number of nitrogens with zero attached hydrogens (tertiary/aromatic N) is 2. The number of rotatable bonds is 7. The first-order valence-corrected chi connectivity index (χ1v) is 6.15. The van der Waals surface area contributed by atoms with Crippen LogP contribution in [0.5, 0.6) is 0 Å². The summed E-state index contributed by atoms with van der Waals surface area (Å²) in [5, 5.41) is 4.32. The molecule has 0 aromatic carbocycles. The maximum Gasteiger partial charge on any atom is 0.0915 e. The molecule has 0 saturated carbocycles. The van der Waals surface area contributed by atoms with Crippen LogP contribution in [0.25, 0.3) is 0 Å². The second-order valence-corrected chi connectivity index (χ2v) is 4.45. The van der Waals surface area contributed by atoms with Gasteiger partial charge in [0, 0.05) is 19.9 Å². The van der Waals surface area contributed by atoms with E-state index in [2.05, 4.69) is 31.3 Å². The number of aryl methyl sites for hydroxylation is 1. The van der Waals surface area contributed by atoms with E-state index in [1.165, 1.54) is 0 Å². The summed E-state index contributed by atoms with van der Waals surface area (Å²) in [5.41, 5.74) is 3.60. The molecular weight excluding hydrogens is 216 g/mol. The lowest BCUT2D eigenvalue weighted by Gasteiger charge is -2.35. The lowest BCUT2D eigenvalue weighted by atomic mass is 9.91. The van der Waals surface area contributed by atoms with E-state index in [4.69, 9.17) is 10.6 Å². The fraction of sp³-hybridized carbons (Fsp3) is 0.750. The van der Waals surface area contributed by atoms with Crippen molar-refractivity contribution < 1.29 is 4.74 Å². The van der Waals surface area contributed by atoms with Crippen molar-refractivity contribution in [3.63, 3.8) is 0 Å². The van der Waals surface area contributed by atoms with Crippen molar-refractivity contribution in [2.24, 2.45) is 5.84 Å². The van der Waals surface area contributed by atoms with E-state index in [0.717, 1.165) is 25.1 Å². The van der Waals surface area contributed by atoms with Crippen molar-refractivity contribution in [3.8, 4) is 0 Å². The van der Waals surface area contributed by atoms with Gasteiger partial charge < -0.3 is 4.74 Å². The van der Waals surface area contributed by atoms with Crippen LogP contribution in [0.2, 0.25) is 0 Å². The quantitative estimate of drug-likeness (QED) is 0.561. The third-order valence-corrected chi connectivity index (χ3v) is 3.43. The summed E-state index contributed by atoms with van der Waals surface area (Å²) in [6.07, 6.45) is 3.72. The van der Waals surface area contributed by atoms with E-state index >= 15 is 0 Å². The molecule has 1 aromatic heterocycles. The molecule has 5 nitrogen and oxygen atoms in total. The molecule has 2 atom stereocenters. The molecule has 0 radical (unpaired) electrons. The molecule has 1 heterocycles. The van der Waals surface area contributed by atoms with Crippen molar-refractivity contribution in [1.82, 2.24) is 15.2 Å². The van der Waals surface area contributed by atoms with Gasteiger partial charge in [-0.05, 0) is 25.8 Å². The highest BCUT2D eigenvalue weighted by Crippen LogP contribution is 2.30. The Morgan fingerprint density at radius 3 is 2.76 bits per heavy atom. The van der Waals surface area contributed by atoms with Crippen LogP contribution >= 0.6 is 0 Å². The van der Waals surface area contributed by atoms with Crippen LogP contribution in [0.15, 0.2) is 12.3 Å². The van der Waals surface area contributed by atoms with Crippen molar-refractivity contribution >= 4 is 0 Å². The molecule has 0 amide bonds. The predicted molar refractivity (Wildman–Crippen MR) is 68.3 cm³/mol. The second kappa shape index (κ2) is 6.14. The molecule has 0 saturated heterocycles. The van der Waals surface area contributed by atoms with E-state index in [-0.39, 0.29) is 11.6 Å². The zero-order valence-electron chi connectivity index (χ0n) is 11.2. The molecule has 0 fully saturated rings. The summed E-state index contributed by atoms with van der Waals surface area (Å²) < 4.78 is 7.60. The number of hydrazine groups is 1. The summed E-state index contributed by atoms with van der Waals surface area (Å²) >= 11 is 0. The Kier molecular flexibility index (Phi) is 5.11. The fourth-order valence-corrected chi connectivity index (χ4v) is 2.03. The number of ether oxygens (including phenoxy) is 1. The highest BCUT2D eigenvalue weighted by atomic mass is 16.5. The SMILES string of the molecule is CCCn1nccc1C(NN)C(C)(CC)OC. The molecule has 0 aliphatic carbocycles. The molecule has 98 valence electrons. The minimum absolute atomic E-state index is 0.0634. The molecule has 0 aliphatic heterocycles. The fourth-order valence-electron chi connectivity index (χ4n) is 2.03. The van der Waals surface area contributed by atoms with E-state index in [1.54, 1.807) is 13.3 Å². The molecule has 2 unspecified atom stereocenters. The van der Waals surface area contributed by atoms with Gasteiger partial charge in [-0.2, -0.15) is 5.10 Å². The van der Waals surface area contributed by atoms with Crippen molar-refractivity contribution in [1.29, 1.82) is 0 Å². The molecule has 0 bridgehead atoms. The average Bonchev–Trinajstić information content (AvgIpc) is 2.78. The predicted octanol–water partition coefficient (Wildman–Crippen LogP) is 1.61. The number of nitrogens with one attached hydrogen (secondary N) is 1. The molecule has 3 N–H and O–H groups in total. The maximum atomic E-state index is 5.70. The van der Waals surface area contributed by atoms with Crippen LogP contribution in [0, 0.1) is 0 Å². The molecule has 0 spiro atoms. The van der Waals surface area contributed by atoms with Gasteiger partial charge in [0.1, 0.15) is 0 Å². The minimum atomic E-state index is -0.333. The van der Waals surface area contributed by atoms with Gasteiger partial charge in [0.25, 0.3) is 0 Å². The summed E-state index contributed by atoms with van der Waals surface area (Å²) in [6.45, 7) is 7.17. The van der Waals surface area contributed by atoms with E-state index in [0.29, 0.717) is 0 Å². The number of methoxy groups -OCH3 is 1. The highest BCUT2D eigenvalue weighted by Gasteiger charge is 2.35. The Balaban J connectivity index is 3.04. The standard InChI is InChI=1S/C12H24N4O/c1-5-9-16-10(7-8-14-16)11(15-13)12(3,6-2)17-4/h7-8,11,15H,5-6,9,13H2,1-4H3. The zero-order valence-corrected chi connectivity index (χ0v) is 11.2. The number of aromatic nitrogens is 2. The molecule has 1 aromatic rings. The van der Waals surface area contributed by atoms with Gasteiger partial charge in [0.2, 0.25) is 0 Å². The van der Waals surface area contributed by atoms with Gasteiger partial charge >= 0.3 is 0 Å². The zero-order chi connectivity index (χ0) is 12.9. The first-order valence-electron chi connectivity index (χ1n) is 6.15. The van der Waals surface area contributed by atoms with Gasteiger partial charge in [-0.3, -0.25) is 10.5 Å². The van der Waals surface area contributed by atoms with Crippen LogP contribution in [0.3, 0.4) is 0 Å². The van der Waals surface area contributed by atoms with Gasteiger partial charge in [-0.25, -0.2) is 5.43 Å². The van der Waals surface area contributed by atoms with Gasteiger partial charge in [0.05, 0.1) is 17.3 Å². The molecular formula is C12H24N4O. The van der Waals surface area contributed by atoms with Crippen molar-refractivity contribution in [2.45, 2.75) is 51.8 Å². The lowest BCUT2D eigenvalue weighted by Crippen LogP contribution is -2.46. The van der Waals surface area contributed by atoms with E-state index < -0.39 is 0 Å². The number of hydrogen-bond acceptors (Lipinski definition) is 4. The third kappa shape index (κ3) is 2.86. The lowest BCUT2D eigenvalue weighted by molar-refractivity contribution is -0.0323. The smallest absolute Gasteiger partial charge is 0.0915 e. The van der Waals surface area contributed by atoms with Crippen molar-refractivity contribution in [3.05, 3.63) is 18.0 Å². The first-order chi connectivity index (χ1) is 8.12. The van der Waals surface area contributed by atoms with Gasteiger partial charge in [-0.1, -0.05) is 13.8 Å². The molecule has 5 heteroatoms.